The predicted octanol–water partition coefficient (Wildman–Crippen LogP) is 5.15. The van der Waals surface area contributed by atoms with Crippen molar-refractivity contribution in [3.63, 3.8) is 0 Å². The van der Waals surface area contributed by atoms with Gasteiger partial charge in [-0.3, -0.25) is 9.89 Å². The zero-order valence-electron chi connectivity index (χ0n) is 20.3. The summed E-state index contributed by atoms with van der Waals surface area (Å²) in [6, 6.07) is 11.2. The number of nitrogens with one attached hydrogen (secondary N) is 2. The fourth-order valence-corrected chi connectivity index (χ4v) is 4.90. The smallest absolute Gasteiger partial charge is 0.433 e. The van der Waals surface area contributed by atoms with E-state index in [-0.39, 0.29) is 28.8 Å². The van der Waals surface area contributed by atoms with Crippen molar-refractivity contribution in [1.82, 2.24) is 19.9 Å². The monoisotopic (exact) mass is 547 g/mol. The quantitative estimate of drug-likeness (QED) is 0.284. The molecule has 4 N–H and O–H groups in total. The van der Waals surface area contributed by atoms with Gasteiger partial charge in [-0.05, 0) is 62.2 Å². The molecule has 0 fully saturated rings. The van der Waals surface area contributed by atoms with Gasteiger partial charge in [0.2, 0.25) is 5.88 Å². The topological polar surface area (TPSA) is 140 Å². The van der Waals surface area contributed by atoms with Gasteiger partial charge in [-0.2, -0.15) is 18.3 Å². The molecule has 0 spiro atoms. The molecule has 0 radical (unpaired) electrons. The molecule has 2 aromatic carbocycles. The Morgan fingerprint density at radius 1 is 1.08 bits per heavy atom. The Kier molecular flexibility index (Phi) is 6.89. The van der Waals surface area contributed by atoms with Crippen LogP contribution in [-0.4, -0.2) is 29.5 Å². The number of amides is 1. The minimum Gasteiger partial charge on any atom is -0.438 e. The lowest BCUT2D eigenvalue weighted by atomic mass is 10.1. The number of pyridine rings is 1. The fourth-order valence-electron chi connectivity index (χ4n) is 3.88. The number of benzene rings is 2. The van der Waals surface area contributed by atoms with Crippen LogP contribution in [0.2, 0.25) is 0 Å². The number of aromatic nitrogens is 3. The Hall–Kier alpha value is -4.39. The average Bonchev–Trinajstić information content (AvgIpc) is 3.32. The number of nitrogens with zero attached hydrogens (tertiary/aromatic N) is 2. The molecule has 0 aliphatic heterocycles. The lowest BCUT2D eigenvalue weighted by Gasteiger charge is -2.16. The van der Waals surface area contributed by atoms with Crippen LogP contribution >= 0.6 is 0 Å². The standard InChI is InChI=1S/C25H22F3N5O4S.H2/c1-13-9-14(2)21(15(3)10-13)37-24-18(23(34)33-38(35,36)17-6-4-5-16(29)11-17)7-8-20(31-24)19-12-30-32-22(19)25(26,27)28;/h4-12H,29H2,1-3H3,(H,30,32)(H,33,34);1H. The van der Waals surface area contributed by atoms with E-state index in [2.05, 4.69) is 10.1 Å². The molecular weight excluding hydrogens is 523 g/mol. The molecular formula is C25H24F3N5O4S. The Labute approximate surface area is 217 Å². The molecule has 38 heavy (non-hydrogen) atoms. The first-order valence-electron chi connectivity index (χ1n) is 11.1. The van der Waals surface area contributed by atoms with Crippen molar-refractivity contribution in [1.29, 1.82) is 0 Å². The van der Waals surface area contributed by atoms with E-state index in [0.717, 1.165) is 23.9 Å². The van der Waals surface area contributed by atoms with Gasteiger partial charge in [0.25, 0.3) is 15.9 Å². The molecule has 0 aliphatic carbocycles. The van der Waals surface area contributed by atoms with E-state index in [0.29, 0.717) is 16.9 Å². The number of alkyl halides is 3. The highest BCUT2D eigenvalue weighted by Gasteiger charge is 2.36. The van der Waals surface area contributed by atoms with Crippen molar-refractivity contribution in [2.75, 3.05) is 5.73 Å². The molecule has 2 aromatic heterocycles. The number of aryl methyl sites for hydroxylation is 3. The largest absolute Gasteiger partial charge is 0.438 e. The lowest BCUT2D eigenvalue weighted by Crippen LogP contribution is -2.31. The van der Waals surface area contributed by atoms with Crippen LogP contribution in [0.5, 0.6) is 11.6 Å². The van der Waals surface area contributed by atoms with Gasteiger partial charge < -0.3 is 10.5 Å². The lowest BCUT2D eigenvalue weighted by molar-refractivity contribution is -0.140. The van der Waals surface area contributed by atoms with Crippen molar-refractivity contribution in [2.45, 2.75) is 31.8 Å². The molecule has 0 bridgehead atoms. The summed E-state index contributed by atoms with van der Waals surface area (Å²) in [5, 5.41) is 5.37. The van der Waals surface area contributed by atoms with Crippen molar-refractivity contribution in [3.8, 4) is 22.9 Å². The van der Waals surface area contributed by atoms with Crippen LogP contribution in [0.3, 0.4) is 0 Å². The summed E-state index contributed by atoms with van der Waals surface area (Å²) < 4.78 is 73.9. The molecule has 4 aromatic rings. The summed E-state index contributed by atoms with van der Waals surface area (Å²) in [6.07, 6.45) is -3.80. The predicted molar refractivity (Wildman–Crippen MR) is 135 cm³/mol. The van der Waals surface area contributed by atoms with Crippen LogP contribution in [0.25, 0.3) is 11.3 Å². The second-order valence-electron chi connectivity index (χ2n) is 8.54. The summed E-state index contributed by atoms with van der Waals surface area (Å²) in [5.41, 5.74) is 6.08. The number of hydrogen-bond acceptors (Lipinski definition) is 7. The van der Waals surface area contributed by atoms with Gasteiger partial charge in [0, 0.05) is 7.11 Å². The first-order chi connectivity index (χ1) is 17.8. The highest BCUT2D eigenvalue weighted by molar-refractivity contribution is 7.90. The first-order valence-corrected chi connectivity index (χ1v) is 12.5. The highest BCUT2D eigenvalue weighted by Crippen LogP contribution is 2.37. The van der Waals surface area contributed by atoms with Crippen molar-refractivity contribution in [3.05, 3.63) is 82.7 Å². The van der Waals surface area contributed by atoms with Crippen molar-refractivity contribution >= 4 is 21.6 Å². The van der Waals surface area contributed by atoms with Crippen LogP contribution in [-0.2, 0) is 16.2 Å². The molecule has 4 rings (SSSR count). The summed E-state index contributed by atoms with van der Waals surface area (Å²) in [5.74, 6) is -1.18. The van der Waals surface area contributed by atoms with Gasteiger partial charge >= 0.3 is 6.18 Å². The number of H-pyrrole nitrogens is 1. The van der Waals surface area contributed by atoms with Crippen LogP contribution in [0.4, 0.5) is 18.9 Å². The molecule has 13 heteroatoms. The van der Waals surface area contributed by atoms with Gasteiger partial charge in [-0.25, -0.2) is 18.1 Å². The maximum atomic E-state index is 13.5. The van der Waals surface area contributed by atoms with Gasteiger partial charge in [-0.15, -0.1) is 0 Å². The molecule has 200 valence electrons. The van der Waals surface area contributed by atoms with E-state index in [1.165, 1.54) is 24.3 Å². The molecule has 0 atom stereocenters. The fraction of sp³-hybridized carbons (Fsp3) is 0.160. The summed E-state index contributed by atoms with van der Waals surface area (Å²) in [4.78, 5) is 17.1. The summed E-state index contributed by atoms with van der Waals surface area (Å²) >= 11 is 0. The normalized spacial score (nSPS) is 11.8. The molecule has 9 nitrogen and oxygen atoms in total. The Balaban J connectivity index is 0.00000420. The van der Waals surface area contributed by atoms with E-state index in [1.54, 1.807) is 13.8 Å². The second kappa shape index (κ2) is 9.82. The third kappa shape index (κ3) is 5.47. The summed E-state index contributed by atoms with van der Waals surface area (Å²) in [6.45, 7) is 5.38. The van der Waals surface area contributed by atoms with Gasteiger partial charge in [0.15, 0.2) is 0 Å². The number of carbonyl (C=O) groups is 1. The van der Waals surface area contributed by atoms with Crippen LogP contribution in [0.1, 0.15) is 34.2 Å². The Morgan fingerprint density at radius 3 is 2.39 bits per heavy atom. The van der Waals surface area contributed by atoms with Crippen molar-refractivity contribution in [2.24, 2.45) is 0 Å². The molecule has 0 saturated heterocycles. The molecule has 0 saturated carbocycles. The molecule has 0 unspecified atom stereocenters. The van der Waals surface area contributed by atoms with Crippen LogP contribution < -0.4 is 15.2 Å². The van der Waals surface area contributed by atoms with Gasteiger partial charge in [0.05, 0.1) is 22.3 Å². The number of rotatable bonds is 6. The maximum Gasteiger partial charge on any atom is 0.433 e. The number of anilines is 1. The number of carbonyl (C=O) groups excluding carboxylic acids is 1. The molecule has 2 heterocycles. The van der Waals surface area contributed by atoms with E-state index in [1.807, 2.05) is 28.9 Å². The SMILES string of the molecule is Cc1cc(C)c(Oc2nc(-c3cn[nH]c3C(F)(F)F)ccc2C(=O)NS(=O)(=O)c2cccc(N)c2)c(C)c1.[HH]. The third-order valence-electron chi connectivity index (χ3n) is 5.50. The number of sulfonamides is 1. The number of aromatic amines is 1. The van der Waals surface area contributed by atoms with Crippen molar-refractivity contribution < 1.29 is 32.5 Å². The molecule has 0 aliphatic rings. The van der Waals surface area contributed by atoms with Crippen LogP contribution in [0.15, 0.2) is 59.6 Å². The van der Waals surface area contributed by atoms with Gasteiger partial charge in [0.1, 0.15) is 17.0 Å². The highest BCUT2D eigenvalue weighted by atomic mass is 32.2. The average molecular weight is 548 g/mol. The number of nitrogens with two attached hydrogens (primary N) is 1. The number of ether oxygens (including phenoxy) is 1. The van der Waals surface area contributed by atoms with E-state index in [4.69, 9.17) is 10.5 Å². The van der Waals surface area contributed by atoms with Crippen LogP contribution in [0, 0.1) is 20.8 Å². The zero-order valence-corrected chi connectivity index (χ0v) is 21.2. The minimum absolute atomic E-state index is 0. The number of hydrogen-bond donors (Lipinski definition) is 3. The number of halogens is 3. The zero-order chi connectivity index (χ0) is 27.8. The summed E-state index contributed by atoms with van der Waals surface area (Å²) in [7, 11) is -4.35. The Bertz CT molecular complexity index is 1630. The van der Waals surface area contributed by atoms with E-state index < -0.39 is 33.7 Å². The minimum atomic E-state index is -4.75. The van der Waals surface area contributed by atoms with Gasteiger partial charge in [-0.1, -0.05) is 23.8 Å². The van der Waals surface area contributed by atoms with E-state index >= 15 is 0 Å². The third-order valence-corrected chi connectivity index (χ3v) is 6.83. The maximum absolute atomic E-state index is 13.5. The number of nitrogen functional groups attached to an aromatic ring is 1. The second-order valence-corrected chi connectivity index (χ2v) is 10.2. The first kappa shape index (κ1) is 26.7. The Morgan fingerprint density at radius 2 is 1.76 bits per heavy atom. The molecule has 1 amide bonds. The van der Waals surface area contributed by atoms with E-state index in [9.17, 15) is 26.4 Å².